The van der Waals surface area contributed by atoms with E-state index in [0.29, 0.717) is 5.78 Å². The largest absolute Gasteiger partial charge is 0.294 e. The molecule has 0 saturated heterocycles. The predicted octanol–water partition coefficient (Wildman–Crippen LogP) is 4.39. The smallest absolute Gasteiger partial charge is 0.170 e. The van der Waals surface area contributed by atoms with Gasteiger partial charge in [0, 0.05) is 16.5 Å². The molecule has 0 aromatic heterocycles. The molecule has 2 aromatic carbocycles. The number of rotatable bonds is 1. The third-order valence-corrected chi connectivity index (χ3v) is 7.57. The second kappa shape index (κ2) is 5.19. The fourth-order valence-electron chi connectivity index (χ4n) is 6.45. The zero-order valence-corrected chi connectivity index (χ0v) is 15.9. The number of Topliss-reactive ketones (excluding diaryl/α,β-unsaturated/α-hetero) is 2. The lowest BCUT2D eigenvalue weighted by Gasteiger charge is -2.20. The highest BCUT2D eigenvalue weighted by Gasteiger charge is 2.50. The maximum Gasteiger partial charge on any atom is 0.170 e. The van der Waals surface area contributed by atoms with Crippen LogP contribution in [0.25, 0.3) is 0 Å². The minimum absolute atomic E-state index is 0.184. The number of carbonyl (C=O) groups is 2. The van der Waals surface area contributed by atoms with Gasteiger partial charge in [-0.3, -0.25) is 9.59 Å². The molecular formula is C25H24O2. The van der Waals surface area contributed by atoms with Gasteiger partial charge in [0.25, 0.3) is 0 Å². The predicted molar refractivity (Wildman–Crippen MR) is 105 cm³/mol. The van der Waals surface area contributed by atoms with E-state index in [1.807, 2.05) is 0 Å². The van der Waals surface area contributed by atoms with Crippen molar-refractivity contribution in [3.05, 3.63) is 68.3 Å². The van der Waals surface area contributed by atoms with Crippen LogP contribution in [-0.2, 0) is 44.9 Å². The van der Waals surface area contributed by atoms with E-state index in [9.17, 15) is 9.59 Å². The number of aryl methyl sites for hydroxylation is 3. The monoisotopic (exact) mass is 356 g/mol. The van der Waals surface area contributed by atoms with Crippen molar-refractivity contribution in [2.24, 2.45) is 5.41 Å². The first-order valence-electron chi connectivity index (χ1n) is 10.4. The summed E-state index contributed by atoms with van der Waals surface area (Å²) in [5, 5.41) is 0. The normalized spacial score (nSPS) is 24.3. The van der Waals surface area contributed by atoms with E-state index in [2.05, 4.69) is 18.2 Å². The minimum Gasteiger partial charge on any atom is -0.294 e. The Labute approximate surface area is 160 Å². The Morgan fingerprint density at radius 1 is 0.778 bits per heavy atom. The molecule has 4 aliphatic carbocycles. The lowest BCUT2D eigenvalue weighted by molar-refractivity contribution is 0.0830. The van der Waals surface area contributed by atoms with E-state index in [1.54, 1.807) is 6.92 Å². The number of hydrogen-bond donors (Lipinski definition) is 0. The fourth-order valence-corrected chi connectivity index (χ4v) is 6.45. The Morgan fingerprint density at radius 2 is 1.44 bits per heavy atom. The summed E-state index contributed by atoms with van der Waals surface area (Å²) in [5.74, 6) is 0.516. The summed E-state index contributed by atoms with van der Waals surface area (Å²) in [6, 6.07) is 6.85. The molecule has 2 heteroatoms. The Morgan fingerprint density at radius 3 is 2.26 bits per heavy atom. The molecule has 0 unspecified atom stereocenters. The summed E-state index contributed by atoms with van der Waals surface area (Å²) in [7, 11) is 0. The molecule has 0 saturated carbocycles. The first-order valence-corrected chi connectivity index (χ1v) is 10.4. The van der Waals surface area contributed by atoms with Crippen molar-refractivity contribution in [2.75, 3.05) is 0 Å². The standard InChI is InChI=1S/C25H24O2/c1-14(26)23-20-7-3-6-17(20)9-19-12-25(13-22(19)23)11-18-8-15-4-2-5-16(15)10-21(18)24(25)27/h8-10H,2-7,11-13H2,1H3/t25-/m1/s1. The average Bonchev–Trinajstić information content (AvgIpc) is 3.38. The number of fused-ring (bicyclic) bond motifs is 4. The lowest BCUT2D eigenvalue weighted by Crippen LogP contribution is -2.28. The highest BCUT2D eigenvalue weighted by molar-refractivity contribution is 6.07. The highest BCUT2D eigenvalue weighted by Crippen LogP contribution is 2.50. The summed E-state index contributed by atoms with van der Waals surface area (Å²) in [6.07, 6.45) is 9.16. The molecule has 6 rings (SSSR count). The molecule has 2 nitrogen and oxygen atoms in total. The van der Waals surface area contributed by atoms with E-state index in [1.165, 1.54) is 45.4 Å². The van der Waals surface area contributed by atoms with Crippen LogP contribution in [0.3, 0.4) is 0 Å². The van der Waals surface area contributed by atoms with E-state index in [-0.39, 0.29) is 11.2 Å². The van der Waals surface area contributed by atoms with Crippen LogP contribution in [0.15, 0.2) is 18.2 Å². The van der Waals surface area contributed by atoms with Gasteiger partial charge < -0.3 is 0 Å². The second-order valence-electron chi connectivity index (χ2n) is 9.21. The van der Waals surface area contributed by atoms with Crippen molar-refractivity contribution in [1.82, 2.24) is 0 Å². The van der Waals surface area contributed by atoms with Crippen molar-refractivity contribution in [1.29, 1.82) is 0 Å². The van der Waals surface area contributed by atoms with Crippen LogP contribution >= 0.6 is 0 Å². The van der Waals surface area contributed by atoms with Crippen molar-refractivity contribution >= 4 is 11.6 Å². The summed E-state index contributed by atoms with van der Waals surface area (Å²) in [6.45, 7) is 1.70. The third-order valence-electron chi connectivity index (χ3n) is 7.57. The van der Waals surface area contributed by atoms with Gasteiger partial charge in [-0.1, -0.05) is 12.1 Å². The minimum atomic E-state index is -0.334. The van der Waals surface area contributed by atoms with Crippen LogP contribution in [0.1, 0.15) is 79.4 Å². The van der Waals surface area contributed by atoms with Gasteiger partial charge in [0.05, 0.1) is 0 Å². The zero-order chi connectivity index (χ0) is 18.3. The summed E-state index contributed by atoms with van der Waals surface area (Å²) in [4.78, 5) is 26.1. The Hall–Kier alpha value is -2.22. The van der Waals surface area contributed by atoms with Crippen molar-refractivity contribution in [3.63, 3.8) is 0 Å². The second-order valence-corrected chi connectivity index (χ2v) is 9.21. The molecule has 27 heavy (non-hydrogen) atoms. The van der Waals surface area contributed by atoms with Crippen LogP contribution in [0.5, 0.6) is 0 Å². The molecule has 1 atom stereocenters. The summed E-state index contributed by atoms with van der Waals surface area (Å²) < 4.78 is 0. The molecule has 0 aliphatic heterocycles. The van der Waals surface area contributed by atoms with Crippen LogP contribution in [0, 0.1) is 5.41 Å². The highest BCUT2D eigenvalue weighted by atomic mass is 16.1. The van der Waals surface area contributed by atoms with E-state index in [0.717, 1.165) is 62.5 Å². The summed E-state index contributed by atoms with van der Waals surface area (Å²) >= 11 is 0. The van der Waals surface area contributed by atoms with Gasteiger partial charge in [0.15, 0.2) is 11.6 Å². The number of ketones is 2. The first kappa shape index (κ1) is 15.8. The van der Waals surface area contributed by atoms with Gasteiger partial charge in [0.1, 0.15) is 0 Å². The van der Waals surface area contributed by atoms with Crippen molar-refractivity contribution in [2.45, 2.75) is 64.7 Å². The molecule has 0 heterocycles. The topological polar surface area (TPSA) is 34.1 Å². The van der Waals surface area contributed by atoms with Crippen LogP contribution < -0.4 is 0 Å². The molecule has 0 amide bonds. The SMILES string of the molecule is CC(=O)c1c2c(cc3c1C[C@@]1(Cc4cc5c(cc4C1=O)CCC5)C3)CCC2. The molecule has 0 radical (unpaired) electrons. The Balaban J connectivity index is 1.46. The first-order chi connectivity index (χ1) is 13.1. The third kappa shape index (κ3) is 2.02. The maximum atomic E-state index is 13.5. The van der Waals surface area contributed by atoms with Gasteiger partial charge in [0.2, 0.25) is 0 Å². The van der Waals surface area contributed by atoms with Crippen LogP contribution in [0.4, 0.5) is 0 Å². The lowest BCUT2D eigenvalue weighted by atomic mass is 9.80. The van der Waals surface area contributed by atoms with Gasteiger partial charge in [-0.15, -0.1) is 0 Å². The van der Waals surface area contributed by atoms with Crippen molar-refractivity contribution < 1.29 is 9.59 Å². The molecular weight excluding hydrogens is 332 g/mol. The molecule has 2 aromatic rings. The Kier molecular flexibility index (Phi) is 3.03. The van der Waals surface area contributed by atoms with Gasteiger partial charge in [-0.05, 0) is 110 Å². The van der Waals surface area contributed by atoms with Gasteiger partial charge in [-0.2, -0.15) is 0 Å². The molecule has 0 N–H and O–H groups in total. The molecule has 136 valence electrons. The van der Waals surface area contributed by atoms with Crippen LogP contribution in [-0.4, -0.2) is 11.6 Å². The number of hydrogen-bond acceptors (Lipinski definition) is 2. The van der Waals surface area contributed by atoms with Crippen molar-refractivity contribution in [3.8, 4) is 0 Å². The van der Waals surface area contributed by atoms with E-state index < -0.39 is 0 Å². The number of benzene rings is 2. The Bertz CT molecular complexity index is 1060. The average molecular weight is 356 g/mol. The molecule has 0 fully saturated rings. The molecule has 4 aliphatic rings. The number of carbonyl (C=O) groups excluding carboxylic acids is 2. The maximum absolute atomic E-state index is 13.5. The quantitative estimate of drug-likeness (QED) is 0.710. The fraction of sp³-hybridized carbons (Fsp3) is 0.440. The summed E-state index contributed by atoms with van der Waals surface area (Å²) in [5.41, 5.74) is 10.8. The van der Waals surface area contributed by atoms with Gasteiger partial charge >= 0.3 is 0 Å². The van der Waals surface area contributed by atoms with Gasteiger partial charge in [-0.25, -0.2) is 0 Å². The molecule has 1 spiro atoms. The zero-order valence-electron chi connectivity index (χ0n) is 15.9. The van der Waals surface area contributed by atoms with Crippen LogP contribution in [0.2, 0.25) is 0 Å². The van der Waals surface area contributed by atoms with E-state index in [4.69, 9.17) is 0 Å². The molecule has 0 bridgehead atoms. The van der Waals surface area contributed by atoms with E-state index >= 15 is 0 Å².